The van der Waals surface area contributed by atoms with Crippen LogP contribution in [-0.4, -0.2) is 19.5 Å². The van der Waals surface area contributed by atoms with E-state index in [9.17, 15) is 4.39 Å². The van der Waals surface area contributed by atoms with Gasteiger partial charge in [-0.1, -0.05) is 42.8 Å². The Morgan fingerprint density at radius 1 is 0.973 bits per heavy atom. The van der Waals surface area contributed by atoms with E-state index in [1.807, 2.05) is 27.1 Å². The van der Waals surface area contributed by atoms with E-state index in [0.29, 0.717) is 11.4 Å². The van der Waals surface area contributed by atoms with Gasteiger partial charge in [-0.2, -0.15) is 0 Å². The summed E-state index contributed by atoms with van der Waals surface area (Å²) in [6.07, 6.45) is 3.31. The molecule has 0 spiro atoms. The molecule has 0 amide bonds. The third-order valence-corrected chi connectivity index (χ3v) is 7.65. The first kappa shape index (κ1) is 25.1. The van der Waals surface area contributed by atoms with Crippen LogP contribution in [0.5, 0.6) is 0 Å². The van der Waals surface area contributed by atoms with Crippen LogP contribution in [0.3, 0.4) is 0 Å². The molecule has 188 valence electrons. The van der Waals surface area contributed by atoms with Gasteiger partial charge in [0.05, 0.1) is 16.5 Å². The number of fused-ring (bicyclic) bond motifs is 1. The number of rotatable bonds is 6. The number of benzene rings is 2. The van der Waals surface area contributed by atoms with Crippen molar-refractivity contribution in [2.75, 3.05) is 0 Å². The second-order valence-electron chi connectivity index (χ2n) is 9.63. The molecule has 37 heavy (non-hydrogen) atoms. The van der Waals surface area contributed by atoms with Crippen LogP contribution in [0.15, 0.2) is 60.8 Å². The van der Waals surface area contributed by atoms with E-state index in [1.165, 1.54) is 12.1 Å². The maximum atomic E-state index is 13.5. The highest BCUT2D eigenvalue weighted by atomic mass is 35.5. The monoisotopic (exact) mass is 512 g/mol. The van der Waals surface area contributed by atoms with Crippen molar-refractivity contribution < 1.29 is 4.39 Å². The van der Waals surface area contributed by atoms with Crippen LogP contribution in [0.1, 0.15) is 63.7 Å². The molecule has 1 unspecified atom stereocenters. The third-order valence-electron chi connectivity index (χ3n) is 7.22. The lowest BCUT2D eigenvalue weighted by Gasteiger charge is -2.22. The molecule has 0 bridgehead atoms. The van der Waals surface area contributed by atoms with E-state index in [4.69, 9.17) is 21.6 Å². The highest BCUT2D eigenvalue weighted by molar-refractivity contribution is 6.36. The molecule has 4 nitrogen and oxygen atoms in total. The van der Waals surface area contributed by atoms with Gasteiger partial charge in [-0.25, -0.2) is 9.37 Å². The van der Waals surface area contributed by atoms with Crippen molar-refractivity contribution in [2.24, 2.45) is 7.05 Å². The van der Waals surface area contributed by atoms with Gasteiger partial charge in [-0.05, 0) is 79.8 Å². The van der Waals surface area contributed by atoms with E-state index in [-0.39, 0.29) is 11.7 Å². The Bertz CT molecular complexity index is 1600. The summed E-state index contributed by atoms with van der Waals surface area (Å²) in [5, 5.41) is 1.61. The SMILES string of the molecule is CCc1nc2ccc(C(c3ccc(C)nc3C)c3cnc(C)n3C)cc2c(Cl)c1Cc1ccc(F)cc1. The van der Waals surface area contributed by atoms with Gasteiger partial charge in [0.2, 0.25) is 0 Å². The van der Waals surface area contributed by atoms with Crippen molar-refractivity contribution in [3.8, 4) is 0 Å². The number of aromatic nitrogens is 4. The predicted octanol–water partition coefficient (Wildman–Crippen LogP) is 7.41. The van der Waals surface area contributed by atoms with Gasteiger partial charge in [0.25, 0.3) is 0 Å². The standard InChI is InChI=1S/C31H30ClFN4/c1-6-27-25(15-21-8-11-23(33)12-9-21)31(32)26-16-22(10-14-28(26)36-27)30(29-17-34-20(4)37(29)5)24-13-7-18(2)35-19(24)3/h7-14,16-17,30H,6,15H2,1-5H3. The second-order valence-corrected chi connectivity index (χ2v) is 10.0. The number of nitrogens with zero attached hydrogens (tertiary/aromatic N) is 4. The van der Waals surface area contributed by atoms with Crippen LogP contribution in [0.25, 0.3) is 10.9 Å². The highest BCUT2D eigenvalue weighted by Crippen LogP contribution is 2.38. The summed E-state index contributed by atoms with van der Waals surface area (Å²) in [7, 11) is 2.05. The van der Waals surface area contributed by atoms with Crippen molar-refractivity contribution >= 4 is 22.5 Å². The molecule has 3 aromatic heterocycles. The Morgan fingerprint density at radius 3 is 2.38 bits per heavy atom. The molecule has 0 N–H and O–H groups in total. The molecule has 0 aliphatic carbocycles. The number of imidazole rings is 1. The zero-order chi connectivity index (χ0) is 26.3. The molecule has 0 aliphatic heterocycles. The molecule has 1 atom stereocenters. The fraction of sp³-hybridized carbons (Fsp3) is 0.258. The van der Waals surface area contributed by atoms with Crippen molar-refractivity contribution in [1.29, 1.82) is 0 Å². The van der Waals surface area contributed by atoms with Crippen LogP contribution < -0.4 is 0 Å². The van der Waals surface area contributed by atoms with Gasteiger partial charge in [0, 0.05) is 47.8 Å². The topological polar surface area (TPSA) is 43.6 Å². The Labute approximate surface area is 222 Å². The number of aryl methyl sites for hydroxylation is 4. The Kier molecular flexibility index (Phi) is 6.82. The first-order valence-corrected chi connectivity index (χ1v) is 12.9. The van der Waals surface area contributed by atoms with Gasteiger partial charge in [0.15, 0.2) is 0 Å². The van der Waals surface area contributed by atoms with Gasteiger partial charge in [-0.15, -0.1) is 0 Å². The fourth-order valence-corrected chi connectivity index (χ4v) is 5.41. The van der Waals surface area contributed by atoms with Crippen LogP contribution in [-0.2, 0) is 19.9 Å². The minimum Gasteiger partial charge on any atom is -0.334 e. The number of pyridine rings is 2. The average molecular weight is 513 g/mol. The molecular formula is C31H30ClFN4. The van der Waals surface area contributed by atoms with E-state index in [1.54, 1.807) is 12.1 Å². The first-order chi connectivity index (χ1) is 17.8. The molecule has 0 radical (unpaired) electrons. The highest BCUT2D eigenvalue weighted by Gasteiger charge is 2.24. The quantitative estimate of drug-likeness (QED) is 0.238. The first-order valence-electron chi connectivity index (χ1n) is 12.5. The van der Waals surface area contributed by atoms with Gasteiger partial charge in [-0.3, -0.25) is 9.97 Å². The van der Waals surface area contributed by atoms with Crippen molar-refractivity contribution in [3.63, 3.8) is 0 Å². The van der Waals surface area contributed by atoms with Crippen LogP contribution in [0.4, 0.5) is 4.39 Å². The van der Waals surface area contributed by atoms with Crippen molar-refractivity contribution in [2.45, 2.75) is 46.5 Å². The summed E-state index contributed by atoms with van der Waals surface area (Å²) < 4.78 is 15.6. The fourth-order valence-electron chi connectivity index (χ4n) is 5.09. The lowest BCUT2D eigenvalue weighted by Crippen LogP contribution is -2.12. The van der Waals surface area contributed by atoms with Crippen LogP contribution in [0.2, 0.25) is 5.02 Å². The van der Waals surface area contributed by atoms with Gasteiger partial charge < -0.3 is 4.57 Å². The summed E-state index contributed by atoms with van der Waals surface area (Å²) in [4.78, 5) is 14.3. The minimum atomic E-state index is -0.246. The molecular weight excluding hydrogens is 483 g/mol. The molecule has 2 aromatic carbocycles. The lowest BCUT2D eigenvalue weighted by atomic mass is 9.86. The molecule has 5 rings (SSSR count). The van der Waals surface area contributed by atoms with Gasteiger partial charge in [0.1, 0.15) is 11.6 Å². The number of halogens is 2. The Balaban J connectivity index is 1.69. The smallest absolute Gasteiger partial charge is 0.123 e. The molecule has 5 aromatic rings. The Morgan fingerprint density at radius 2 is 1.73 bits per heavy atom. The Hall–Kier alpha value is -3.57. The summed E-state index contributed by atoms with van der Waals surface area (Å²) >= 11 is 7.12. The molecule has 0 fully saturated rings. The summed E-state index contributed by atoms with van der Waals surface area (Å²) in [5.41, 5.74) is 9.13. The summed E-state index contributed by atoms with van der Waals surface area (Å²) in [6.45, 7) is 8.16. The minimum absolute atomic E-state index is 0.0637. The molecule has 3 heterocycles. The van der Waals surface area contributed by atoms with E-state index in [2.05, 4.69) is 53.7 Å². The molecule has 0 saturated carbocycles. The largest absolute Gasteiger partial charge is 0.334 e. The zero-order valence-corrected chi connectivity index (χ0v) is 22.6. The number of hydrogen-bond donors (Lipinski definition) is 0. The van der Waals surface area contributed by atoms with E-state index in [0.717, 1.165) is 68.2 Å². The average Bonchev–Trinajstić information content (AvgIpc) is 3.21. The predicted molar refractivity (Wildman–Crippen MR) is 148 cm³/mol. The second kappa shape index (κ2) is 10.1. The zero-order valence-electron chi connectivity index (χ0n) is 21.8. The van der Waals surface area contributed by atoms with Crippen LogP contribution in [0, 0.1) is 26.6 Å². The molecule has 6 heteroatoms. The van der Waals surface area contributed by atoms with Gasteiger partial charge >= 0.3 is 0 Å². The summed E-state index contributed by atoms with van der Waals surface area (Å²) in [6, 6.07) is 17.2. The third kappa shape index (κ3) is 4.76. The maximum absolute atomic E-state index is 13.5. The maximum Gasteiger partial charge on any atom is 0.123 e. The van der Waals surface area contributed by atoms with E-state index >= 15 is 0 Å². The normalized spacial score (nSPS) is 12.3. The molecule has 0 aliphatic rings. The van der Waals surface area contributed by atoms with E-state index < -0.39 is 0 Å². The number of hydrogen-bond acceptors (Lipinski definition) is 3. The summed E-state index contributed by atoms with van der Waals surface area (Å²) in [5.74, 6) is 0.641. The van der Waals surface area contributed by atoms with Crippen molar-refractivity contribution in [1.82, 2.24) is 19.5 Å². The van der Waals surface area contributed by atoms with Crippen LogP contribution >= 0.6 is 11.6 Å². The molecule has 0 saturated heterocycles. The lowest BCUT2D eigenvalue weighted by molar-refractivity contribution is 0.627. The van der Waals surface area contributed by atoms with Crippen molar-refractivity contribution in [3.05, 3.63) is 122 Å².